The van der Waals surface area contributed by atoms with Crippen LogP contribution in [0.1, 0.15) is 23.2 Å². The Balaban J connectivity index is 2.13. The molecule has 2 rings (SSSR count). The third kappa shape index (κ3) is 2.91. The van der Waals surface area contributed by atoms with E-state index >= 15 is 0 Å². The van der Waals surface area contributed by atoms with Gasteiger partial charge in [0, 0.05) is 12.7 Å². The van der Waals surface area contributed by atoms with Crippen LogP contribution in [0.15, 0.2) is 17.3 Å². The van der Waals surface area contributed by atoms with E-state index in [1.165, 1.54) is 12.5 Å². The summed E-state index contributed by atoms with van der Waals surface area (Å²) in [6.45, 7) is 2.70. The first-order valence-electron chi connectivity index (χ1n) is 5.67. The van der Waals surface area contributed by atoms with Gasteiger partial charge in [-0.15, -0.1) is 0 Å². The SMILES string of the molecule is O=C(O)c1cn(CC2CCNCC2)cnc1=O. The molecule has 2 heterocycles. The van der Waals surface area contributed by atoms with Crippen molar-refractivity contribution in [2.75, 3.05) is 13.1 Å². The highest BCUT2D eigenvalue weighted by molar-refractivity contribution is 5.86. The third-order valence-corrected chi connectivity index (χ3v) is 3.01. The number of rotatable bonds is 3. The number of carboxylic acid groups (broad SMARTS) is 1. The molecule has 1 aliphatic rings. The summed E-state index contributed by atoms with van der Waals surface area (Å²) in [5.74, 6) is -0.704. The van der Waals surface area contributed by atoms with Gasteiger partial charge < -0.3 is 15.0 Å². The molecule has 0 aromatic carbocycles. The van der Waals surface area contributed by atoms with Gasteiger partial charge in [0.1, 0.15) is 5.56 Å². The van der Waals surface area contributed by atoms with E-state index in [1.807, 2.05) is 0 Å². The quantitative estimate of drug-likeness (QED) is 0.769. The van der Waals surface area contributed by atoms with Crippen LogP contribution in [-0.4, -0.2) is 33.7 Å². The van der Waals surface area contributed by atoms with Crippen molar-refractivity contribution in [2.45, 2.75) is 19.4 Å². The zero-order valence-corrected chi connectivity index (χ0v) is 9.43. The Bertz CT molecular complexity index is 463. The van der Waals surface area contributed by atoms with Gasteiger partial charge in [0.05, 0.1) is 6.33 Å². The van der Waals surface area contributed by atoms with Gasteiger partial charge in [0.2, 0.25) is 0 Å². The van der Waals surface area contributed by atoms with Gasteiger partial charge in [-0.1, -0.05) is 0 Å². The van der Waals surface area contributed by atoms with E-state index < -0.39 is 11.5 Å². The number of aromatic carboxylic acids is 1. The summed E-state index contributed by atoms with van der Waals surface area (Å²) in [6.07, 6.45) is 4.92. The van der Waals surface area contributed by atoms with Crippen molar-refractivity contribution in [1.29, 1.82) is 0 Å². The second-order valence-electron chi connectivity index (χ2n) is 4.29. The summed E-state index contributed by atoms with van der Waals surface area (Å²) in [4.78, 5) is 25.6. The molecule has 92 valence electrons. The summed E-state index contributed by atoms with van der Waals surface area (Å²) >= 11 is 0. The van der Waals surface area contributed by atoms with Crippen LogP contribution in [0, 0.1) is 5.92 Å². The smallest absolute Gasteiger partial charge is 0.342 e. The van der Waals surface area contributed by atoms with Crippen molar-refractivity contribution in [3.05, 3.63) is 28.4 Å². The van der Waals surface area contributed by atoms with E-state index in [-0.39, 0.29) is 5.56 Å². The molecule has 0 spiro atoms. The van der Waals surface area contributed by atoms with E-state index in [4.69, 9.17) is 5.11 Å². The van der Waals surface area contributed by atoms with Crippen molar-refractivity contribution in [2.24, 2.45) is 5.92 Å². The molecule has 1 aromatic heterocycles. The molecule has 2 N–H and O–H groups in total. The van der Waals surface area contributed by atoms with Gasteiger partial charge in [0.25, 0.3) is 5.56 Å². The van der Waals surface area contributed by atoms with Crippen LogP contribution in [0.2, 0.25) is 0 Å². The average Bonchev–Trinajstić information content (AvgIpc) is 2.32. The fourth-order valence-corrected chi connectivity index (χ4v) is 2.06. The molecule has 1 aliphatic heterocycles. The lowest BCUT2D eigenvalue weighted by molar-refractivity contribution is 0.0693. The fourth-order valence-electron chi connectivity index (χ4n) is 2.06. The van der Waals surface area contributed by atoms with Gasteiger partial charge in [-0.3, -0.25) is 4.79 Å². The molecule has 0 radical (unpaired) electrons. The highest BCUT2D eigenvalue weighted by Crippen LogP contribution is 2.13. The standard InChI is InChI=1S/C11H15N3O3/c15-10-9(11(16)17)6-14(7-13-10)5-8-1-3-12-4-2-8/h6-8,12H,1-5H2,(H,16,17). The largest absolute Gasteiger partial charge is 0.477 e. The molecule has 0 saturated carbocycles. The van der Waals surface area contributed by atoms with Crippen molar-refractivity contribution >= 4 is 5.97 Å². The van der Waals surface area contributed by atoms with E-state index in [0.29, 0.717) is 5.92 Å². The molecule has 1 aromatic rings. The Labute approximate surface area is 98.3 Å². The zero-order valence-electron chi connectivity index (χ0n) is 9.43. The topological polar surface area (TPSA) is 84.2 Å². The molecule has 0 atom stereocenters. The molecular weight excluding hydrogens is 222 g/mol. The lowest BCUT2D eigenvalue weighted by Gasteiger charge is -2.23. The molecule has 1 saturated heterocycles. The van der Waals surface area contributed by atoms with Gasteiger partial charge >= 0.3 is 5.97 Å². The van der Waals surface area contributed by atoms with E-state index in [2.05, 4.69) is 10.3 Å². The van der Waals surface area contributed by atoms with E-state index in [0.717, 1.165) is 32.5 Å². The van der Waals surface area contributed by atoms with Gasteiger partial charge in [0.15, 0.2) is 0 Å². The molecule has 17 heavy (non-hydrogen) atoms. The molecule has 0 amide bonds. The number of hydrogen-bond donors (Lipinski definition) is 2. The number of nitrogens with one attached hydrogen (secondary N) is 1. The molecule has 0 aliphatic carbocycles. The van der Waals surface area contributed by atoms with Crippen molar-refractivity contribution in [3.8, 4) is 0 Å². The predicted molar refractivity (Wildman–Crippen MR) is 61.1 cm³/mol. The van der Waals surface area contributed by atoms with Gasteiger partial charge in [-0.25, -0.2) is 4.79 Å². The van der Waals surface area contributed by atoms with Crippen molar-refractivity contribution in [3.63, 3.8) is 0 Å². The van der Waals surface area contributed by atoms with Crippen LogP contribution < -0.4 is 10.9 Å². The molecule has 6 heteroatoms. The number of carbonyl (C=O) groups is 1. The second kappa shape index (κ2) is 5.09. The maximum atomic E-state index is 11.2. The van der Waals surface area contributed by atoms with Crippen LogP contribution >= 0.6 is 0 Å². The van der Waals surface area contributed by atoms with Gasteiger partial charge in [-0.2, -0.15) is 4.98 Å². The van der Waals surface area contributed by atoms with Crippen LogP contribution in [-0.2, 0) is 6.54 Å². The van der Waals surface area contributed by atoms with E-state index in [1.54, 1.807) is 4.57 Å². The van der Waals surface area contributed by atoms with Crippen LogP contribution in [0.4, 0.5) is 0 Å². The Hall–Kier alpha value is -1.69. The van der Waals surface area contributed by atoms with Crippen LogP contribution in [0.25, 0.3) is 0 Å². The van der Waals surface area contributed by atoms with Crippen LogP contribution in [0.5, 0.6) is 0 Å². The minimum absolute atomic E-state index is 0.263. The monoisotopic (exact) mass is 237 g/mol. The fraction of sp³-hybridized carbons (Fsp3) is 0.545. The van der Waals surface area contributed by atoms with Gasteiger partial charge in [-0.05, 0) is 31.8 Å². The molecule has 0 bridgehead atoms. The zero-order chi connectivity index (χ0) is 12.3. The van der Waals surface area contributed by atoms with Crippen molar-refractivity contribution in [1.82, 2.24) is 14.9 Å². The number of carboxylic acids is 1. The maximum absolute atomic E-state index is 11.2. The Morgan fingerprint density at radius 3 is 2.88 bits per heavy atom. The molecule has 6 nitrogen and oxygen atoms in total. The lowest BCUT2D eigenvalue weighted by atomic mass is 9.98. The highest BCUT2D eigenvalue weighted by atomic mass is 16.4. The highest BCUT2D eigenvalue weighted by Gasteiger charge is 2.15. The predicted octanol–water partition coefficient (Wildman–Crippen LogP) is -0.0589. The lowest BCUT2D eigenvalue weighted by Crippen LogP contribution is -2.30. The molecule has 1 fully saturated rings. The summed E-state index contributed by atoms with van der Waals surface area (Å²) in [6, 6.07) is 0. The second-order valence-corrected chi connectivity index (χ2v) is 4.29. The first-order chi connectivity index (χ1) is 8.16. The Morgan fingerprint density at radius 1 is 1.53 bits per heavy atom. The summed E-state index contributed by atoms with van der Waals surface area (Å²) < 4.78 is 1.70. The number of nitrogens with zero attached hydrogens (tertiary/aromatic N) is 2. The first kappa shape index (κ1) is 11.8. The van der Waals surface area contributed by atoms with Crippen molar-refractivity contribution < 1.29 is 9.90 Å². The summed E-state index contributed by atoms with van der Waals surface area (Å²) in [5, 5.41) is 12.1. The average molecular weight is 237 g/mol. The summed E-state index contributed by atoms with van der Waals surface area (Å²) in [7, 11) is 0. The normalized spacial score (nSPS) is 16.9. The number of aromatic nitrogens is 2. The number of piperidine rings is 1. The molecular formula is C11H15N3O3. The van der Waals surface area contributed by atoms with Crippen LogP contribution in [0.3, 0.4) is 0 Å². The minimum Gasteiger partial charge on any atom is -0.477 e. The summed E-state index contributed by atoms with van der Waals surface area (Å²) in [5.41, 5.74) is -0.944. The third-order valence-electron chi connectivity index (χ3n) is 3.01. The number of hydrogen-bond acceptors (Lipinski definition) is 4. The Morgan fingerprint density at radius 2 is 2.24 bits per heavy atom. The van der Waals surface area contributed by atoms with E-state index in [9.17, 15) is 9.59 Å². The molecule has 0 unspecified atom stereocenters. The minimum atomic E-state index is -1.22. The maximum Gasteiger partial charge on any atom is 0.342 e. The Kier molecular flexibility index (Phi) is 3.53. The first-order valence-corrected chi connectivity index (χ1v) is 5.67.